The van der Waals surface area contributed by atoms with Gasteiger partial charge < -0.3 is 14.2 Å². The topological polar surface area (TPSA) is 51.5 Å². The average molecular weight is 255 g/mol. The Hall–Kier alpha value is -0.630. The molecule has 0 amide bonds. The smallest absolute Gasteiger partial charge is 0.0808 e. The second kappa shape index (κ2) is 11.5. The van der Waals surface area contributed by atoms with Crippen LogP contribution >= 0.6 is 0 Å². The van der Waals surface area contributed by atoms with Gasteiger partial charge in [0, 0.05) is 19.8 Å². The lowest BCUT2D eigenvalue weighted by molar-refractivity contribution is -0.0412. The van der Waals surface area contributed by atoms with Crippen LogP contribution in [0.15, 0.2) is 0 Å². The summed E-state index contributed by atoms with van der Waals surface area (Å²) < 4.78 is 16.5. The van der Waals surface area contributed by atoms with Crippen molar-refractivity contribution in [1.29, 1.82) is 5.26 Å². The van der Waals surface area contributed by atoms with Crippen LogP contribution in [0.2, 0.25) is 0 Å². The molecule has 1 heterocycles. The minimum absolute atomic E-state index is 0.327. The van der Waals surface area contributed by atoms with Crippen molar-refractivity contribution in [2.45, 2.75) is 51.0 Å². The lowest BCUT2D eigenvalue weighted by atomic mass is 10.1. The number of nitriles is 1. The molecule has 4 nitrogen and oxygen atoms in total. The molecule has 1 aliphatic rings. The molecule has 0 aliphatic carbocycles. The van der Waals surface area contributed by atoms with Crippen LogP contribution < -0.4 is 0 Å². The quantitative estimate of drug-likeness (QED) is 0.563. The molecule has 4 heteroatoms. The molecule has 0 spiro atoms. The molecule has 1 rings (SSSR count). The van der Waals surface area contributed by atoms with Gasteiger partial charge in [0.15, 0.2) is 0 Å². The Morgan fingerprint density at radius 2 is 1.89 bits per heavy atom. The molecule has 1 atom stereocenters. The summed E-state index contributed by atoms with van der Waals surface area (Å²) in [6.45, 7) is 3.78. The molecule has 104 valence electrons. The Kier molecular flexibility index (Phi) is 9.82. The van der Waals surface area contributed by atoms with Crippen molar-refractivity contribution in [1.82, 2.24) is 0 Å². The largest absolute Gasteiger partial charge is 0.380 e. The Balaban J connectivity index is 1.74. The summed E-state index contributed by atoms with van der Waals surface area (Å²) in [5.74, 6) is 0. The van der Waals surface area contributed by atoms with E-state index in [2.05, 4.69) is 6.07 Å². The number of unbranched alkanes of at least 4 members (excludes halogenated alkanes) is 2. The zero-order chi connectivity index (χ0) is 12.9. The maximum absolute atomic E-state index is 8.32. The maximum atomic E-state index is 8.32. The standard InChI is InChI=1S/C14H25NO3/c15-8-6-11-16-9-3-1-4-10-17-13-14-7-2-5-12-18-14/h14H,1-7,9-13H2. The summed E-state index contributed by atoms with van der Waals surface area (Å²) in [5, 5.41) is 8.32. The zero-order valence-electron chi connectivity index (χ0n) is 11.2. The van der Waals surface area contributed by atoms with Crippen LogP contribution in [0.3, 0.4) is 0 Å². The number of hydrogen-bond acceptors (Lipinski definition) is 4. The third-order valence-electron chi connectivity index (χ3n) is 3.01. The lowest BCUT2D eigenvalue weighted by Gasteiger charge is -2.22. The van der Waals surface area contributed by atoms with Crippen molar-refractivity contribution in [3.05, 3.63) is 0 Å². The van der Waals surface area contributed by atoms with Crippen molar-refractivity contribution in [2.75, 3.05) is 33.0 Å². The van der Waals surface area contributed by atoms with Crippen LogP contribution in [0.4, 0.5) is 0 Å². The van der Waals surface area contributed by atoms with E-state index in [-0.39, 0.29) is 0 Å². The first-order valence-corrected chi connectivity index (χ1v) is 7.07. The van der Waals surface area contributed by atoms with Crippen LogP contribution in [0.25, 0.3) is 0 Å². The average Bonchev–Trinajstić information content (AvgIpc) is 2.42. The van der Waals surface area contributed by atoms with Crippen molar-refractivity contribution in [3.8, 4) is 6.07 Å². The van der Waals surface area contributed by atoms with Gasteiger partial charge in [-0.3, -0.25) is 0 Å². The molecule has 0 aromatic rings. The first-order chi connectivity index (χ1) is 8.93. The van der Waals surface area contributed by atoms with E-state index in [0.29, 0.717) is 19.1 Å². The minimum atomic E-state index is 0.327. The van der Waals surface area contributed by atoms with Crippen LogP contribution in [-0.4, -0.2) is 39.1 Å². The molecule has 0 bridgehead atoms. The second-order valence-corrected chi connectivity index (χ2v) is 4.64. The van der Waals surface area contributed by atoms with Crippen LogP contribution in [0.5, 0.6) is 0 Å². The summed E-state index contributed by atoms with van der Waals surface area (Å²) in [6, 6.07) is 2.06. The molecular weight excluding hydrogens is 230 g/mol. The van der Waals surface area contributed by atoms with Crippen molar-refractivity contribution in [3.63, 3.8) is 0 Å². The predicted molar refractivity (Wildman–Crippen MR) is 69.3 cm³/mol. The van der Waals surface area contributed by atoms with Gasteiger partial charge in [-0.1, -0.05) is 0 Å². The Bertz CT molecular complexity index is 222. The molecule has 0 radical (unpaired) electrons. The van der Waals surface area contributed by atoms with Crippen molar-refractivity contribution in [2.24, 2.45) is 0 Å². The Morgan fingerprint density at radius 1 is 1.06 bits per heavy atom. The van der Waals surface area contributed by atoms with Gasteiger partial charge in [0.1, 0.15) is 0 Å². The highest BCUT2D eigenvalue weighted by Crippen LogP contribution is 2.12. The second-order valence-electron chi connectivity index (χ2n) is 4.64. The van der Waals surface area contributed by atoms with E-state index in [9.17, 15) is 0 Å². The summed E-state index contributed by atoms with van der Waals surface area (Å²) in [4.78, 5) is 0. The van der Waals surface area contributed by atoms with Gasteiger partial charge in [-0.05, 0) is 38.5 Å². The molecular formula is C14H25NO3. The monoisotopic (exact) mass is 255 g/mol. The van der Waals surface area contributed by atoms with Gasteiger partial charge in [0.2, 0.25) is 0 Å². The van der Waals surface area contributed by atoms with E-state index in [1.807, 2.05) is 0 Å². The van der Waals surface area contributed by atoms with Crippen molar-refractivity contribution >= 4 is 0 Å². The number of ether oxygens (including phenoxy) is 3. The van der Waals surface area contributed by atoms with Gasteiger partial charge >= 0.3 is 0 Å². The number of hydrogen-bond donors (Lipinski definition) is 0. The molecule has 1 fully saturated rings. The normalized spacial score (nSPS) is 19.6. The van der Waals surface area contributed by atoms with Crippen molar-refractivity contribution < 1.29 is 14.2 Å². The fourth-order valence-electron chi connectivity index (χ4n) is 1.96. The highest BCUT2D eigenvalue weighted by atomic mass is 16.5. The summed E-state index contributed by atoms with van der Waals surface area (Å²) in [7, 11) is 0. The van der Waals surface area contributed by atoms with Crippen LogP contribution in [0.1, 0.15) is 44.9 Å². The molecule has 0 N–H and O–H groups in total. The molecule has 0 aromatic carbocycles. The lowest BCUT2D eigenvalue weighted by Crippen LogP contribution is -2.24. The SMILES string of the molecule is N#CCCOCCCCCOCC1CCCCO1. The minimum Gasteiger partial charge on any atom is -0.380 e. The van der Waals surface area contributed by atoms with E-state index in [0.717, 1.165) is 52.1 Å². The molecule has 1 unspecified atom stereocenters. The predicted octanol–water partition coefficient (Wildman–Crippen LogP) is 2.67. The number of nitrogens with zero attached hydrogens (tertiary/aromatic N) is 1. The van der Waals surface area contributed by atoms with E-state index in [1.165, 1.54) is 12.8 Å². The van der Waals surface area contributed by atoms with E-state index in [4.69, 9.17) is 19.5 Å². The fraction of sp³-hybridized carbons (Fsp3) is 0.929. The van der Waals surface area contributed by atoms with Gasteiger partial charge in [0.25, 0.3) is 0 Å². The van der Waals surface area contributed by atoms with Crippen LogP contribution in [-0.2, 0) is 14.2 Å². The Morgan fingerprint density at radius 3 is 2.61 bits per heavy atom. The van der Waals surface area contributed by atoms with E-state index < -0.39 is 0 Å². The summed E-state index contributed by atoms with van der Waals surface area (Å²) >= 11 is 0. The van der Waals surface area contributed by atoms with Gasteiger partial charge in [0.05, 0.1) is 31.8 Å². The molecule has 1 saturated heterocycles. The van der Waals surface area contributed by atoms with E-state index in [1.54, 1.807) is 0 Å². The summed E-state index contributed by atoms with van der Waals surface area (Å²) in [6.07, 6.45) is 7.68. The molecule has 0 saturated carbocycles. The number of rotatable bonds is 10. The third-order valence-corrected chi connectivity index (χ3v) is 3.01. The van der Waals surface area contributed by atoms with E-state index >= 15 is 0 Å². The zero-order valence-corrected chi connectivity index (χ0v) is 11.2. The summed E-state index contributed by atoms with van der Waals surface area (Å²) in [5.41, 5.74) is 0. The first kappa shape index (κ1) is 15.4. The molecule has 1 aliphatic heterocycles. The highest BCUT2D eigenvalue weighted by Gasteiger charge is 2.13. The highest BCUT2D eigenvalue weighted by molar-refractivity contribution is 4.67. The van der Waals surface area contributed by atoms with Gasteiger partial charge in [-0.25, -0.2) is 0 Å². The van der Waals surface area contributed by atoms with Gasteiger partial charge in [-0.2, -0.15) is 5.26 Å². The molecule has 18 heavy (non-hydrogen) atoms. The molecule has 0 aromatic heterocycles. The maximum Gasteiger partial charge on any atom is 0.0808 e. The van der Waals surface area contributed by atoms with Gasteiger partial charge in [-0.15, -0.1) is 0 Å². The third kappa shape index (κ3) is 8.46. The Labute approximate surface area is 110 Å². The first-order valence-electron chi connectivity index (χ1n) is 7.07. The fourth-order valence-corrected chi connectivity index (χ4v) is 1.96. The van der Waals surface area contributed by atoms with Crippen LogP contribution in [0, 0.1) is 11.3 Å².